The SMILES string of the molecule is CSCCn1c(O)c(-c2ccccc2C)c(=O)[nH]c1=O. The molecule has 0 fully saturated rings. The molecule has 0 saturated carbocycles. The van der Waals surface area contributed by atoms with Crippen molar-refractivity contribution in [2.75, 3.05) is 12.0 Å². The van der Waals surface area contributed by atoms with Gasteiger partial charge in [0.25, 0.3) is 5.56 Å². The zero-order chi connectivity index (χ0) is 14.7. The Hall–Kier alpha value is -1.95. The summed E-state index contributed by atoms with van der Waals surface area (Å²) >= 11 is 1.56. The predicted molar refractivity (Wildman–Crippen MR) is 81.5 cm³/mol. The third kappa shape index (κ3) is 2.65. The van der Waals surface area contributed by atoms with Crippen molar-refractivity contribution >= 4 is 11.8 Å². The second-order valence-corrected chi connectivity index (χ2v) is 5.40. The molecule has 2 rings (SSSR count). The number of nitrogens with zero attached hydrogens (tertiary/aromatic N) is 1. The van der Waals surface area contributed by atoms with Crippen molar-refractivity contribution in [2.45, 2.75) is 13.5 Å². The van der Waals surface area contributed by atoms with Crippen molar-refractivity contribution in [3.05, 3.63) is 50.7 Å². The standard InChI is InChI=1S/C14H16N2O3S/c1-9-5-3-4-6-10(9)11-12(17)15-14(19)16(13(11)18)7-8-20-2/h3-6,18H,7-8H2,1-2H3,(H,15,17,19). The van der Waals surface area contributed by atoms with Crippen LogP contribution in [0.2, 0.25) is 0 Å². The Labute approximate surface area is 120 Å². The minimum atomic E-state index is -0.584. The molecule has 0 amide bonds. The molecule has 1 heterocycles. The van der Waals surface area contributed by atoms with E-state index in [0.29, 0.717) is 17.9 Å². The molecule has 0 bridgehead atoms. The van der Waals surface area contributed by atoms with Gasteiger partial charge in [0.1, 0.15) is 5.56 Å². The first-order valence-electron chi connectivity index (χ1n) is 6.17. The molecule has 106 valence electrons. The summed E-state index contributed by atoms with van der Waals surface area (Å²) in [4.78, 5) is 26.0. The van der Waals surface area contributed by atoms with Crippen LogP contribution < -0.4 is 11.2 Å². The Morgan fingerprint density at radius 2 is 2.00 bits per heavy atom. The van der Waals surface area contributed by atoms with Crippen molar-refractivity contribution in [3.8, 4) is 17.0 Å². The summed E-state index contributed by atoms with van der Waals surface area (Å²) < 4.78 is 1.19. The van der Waals surface area contributed by atoms with Gasteiger partial charge in [-0.3, -0.25) is 14.3 Å². The van der Waals surface area contributed by atoms with Crippen LogP contribution in [0.3, 0.4) is 0 Å². The van der Waals surface area contributed by atoms with Gasteiger partial charge in [-0.2, -0.15) is 11.8 Å². The monoisotopic (exact) mass is 292 g/mol. The number of nitrogens with one attached hydrogen (secondary N) is 1. The molecule has 0 unspecified atom stereocenters. The number of rotatable bonds is 4. The first-order valence-corrected chi connectivity index (χ1v) is 7.56. The van der Waals surface area contributed by atoms with Gasteiger partial charge >= 0.3 is 5.69 Å². The molecule has 0 radical (unpaired) electrons. The lowest BCUT2D eigenvalue weighted by Gasteiger charge is -2.12. The lowest BCUT2D eigenvalue weighted by atomic mass is 10.0. The minimum Gasteiger partial charge on any atom is -0.494 e. The van der Waals surface area contributed by atoms with Gasteiger partial charge < -0.3 is 5.11 Å². The Morgan fingerprint density at radius 3 is 2.65 bits per heavy atom. The van der Waals surface area contributed by atoms with E-state index < -0.39 is 11.2 Å². The predicted octanol–water partition coefficient (Wildman–Crippen LogP) is 1.58. The van der Waals surface area contributed by atoms with Crippen LogP contribution in [0.1, 0.15) is 5.56 Å². The van der Waals surface area contributed by atoms with Gasteiger partial charge in [-0.05, 0) is 24.3 Å². The van der Waals surface area contributed by atoms with E-state index in [9.17, 15) is 14.7 Å². The van der Waals surface area contributed by atoms with Gasteiger partial charge in [-0.25, -0.2) is 4.79 Å². The summed E-state index contributed by atoms with van der Waals surface area (Å²) in [5.74, 6) is 0.398. The third-order valence-corrected chi connectivity index (χ3v) is 3.70. The molecule has 2 aromatic rings. The smallest absolute Gasteiger partial charge is 0.331 e. The van der Waals surface area contributed by atoms with Crippen LogP contribution in [-0.2, 0) is 6.54 Å². The minimum absolute atomic E-state index is 0.142. The largest absolute Gasteiger partial charge is 0.494 e. The van der Waals surface area contributed by atoms with Gasteiger partial charge in [0.2, 0.25) is 5.88 Å². The molecular formula is C14H16N2O3S. The van der Waals surface area contributed by atoms with Gasteiger partial charge in [0, 0.05) is 12.3 Å². The third-order valence-electron chi connectivity index (χ3n) is 3.11. The van der Waals surface area contributed by atoms with Crippen LogP contribution in [0.25, 0.3) is 11.1 Å². The lowest BCUT2D eigenvalue weighted by Crippen LogP contribution is -2.31. The number of hydrogen-bond acceptors (Lipinski definition) is 4. The van der Waals surface area contributed by atoms with E-state index in [1.165, 1.54) is 4.57 Å². The van der Waals surface area contributed by atoms with Crippen LogP contribution in [-0.4, -0.2) is 26.7 Å². The van der Waals surface area contributed by atoms with E-state index in [2.05, 4.69) is 4.98 Å². The second kappa shape index (κ2) is 6.00. The number of aromatic hydroxyl groups is 1. The highest BCUT2D eigenvalue weighted by atomic mass is 32.2. The van der Waals surface area contributed by atoms with Crippen molar-refractivity contribution in [3.63, 3.8) is 0 Å². The fourth-order valence-electron chi connectivity index (χ4n) is 2.05. The van der Waals surface area contributed by atoms with Gasteiger partial charge in [-0.1, -0.05) is 24.3 Å². The maximum Gasteiger partial charge on any atom is 0.331 e. The number of hydrogen-bond donors (Lipinski definition) is 2. The molecule has 1 aromatic heterocycles. The Bertz CT molecular complexity index is 734. The molecule has 5 nitrogen and oxygen atoms in total. The quantitative estimate of drug-likeness (QED) is 0.897. The Morgan fingerprint density at radius 1 is 1.30 bits per heavy atom. The fourth-order valence-corrected chi connectivity index (χ4v) is 2.41. The first-order chi connectivity index (χ1) is 9.56. The number of H-pyrrole nitrogens is 1. The molecule has 0 saturated heterocycles. The van der Waals surface area contributed by atoms with E-state index in [1.807, 2.05) is 25.3 Å². The topological polar surface area (TPSA) is 75.1 Å². The molecule has 0 aliphatic heterocycles. The van der Waals surface area contributed by atoms with Crippen LogP contribution in [0.15, 0.2) is 33.9 Å². The molecular weight excluding hydrogens is 276 g/mol. The van der Waals surface area contributed by atoms with Gasteiger partial charge in [-0.15, -0.1) is 0 Å². The zero-order valence-electron chi connectivity index (χ0n) is 11.3. The molecule has 1 aromatic carbocycles. The van der Waals surface area contributed by atoms with E-state index >= 15 is 0 Å². The highest BCUT2D eigenvalue weighted by molar-refractivity contribution is 7.98. The summed E-state index contributed by atoms with van der Waals surface area (Å²) in [7, 11) is 0. The second-order valence-electron chi connectivity index (χ2n) is 4.42. The first kappa shape index (κ1) is 14.5. The van der Waals surface area contributed by atoms with Gasteiger partial charge in [0.15, 0.2) is 0 Å². The molecule has 0 aliphatic rings. The van der Waals surface area contributed by atoms with Crippen LogP contribution in [0, 0.1) is 6.92 Å². The van der Waals surface area contributed by atoms with Crippen LogP contribution >= 0.6 is 11.8 Å². The average molecular weight is 292 g/mol. The summed E-state index contributed by atoms with van der Waals surface area (Å²) in [6.07, 6.45) is 1.91. The molecule has 6 heteroatoms. The van der Waals surface area contributed by atoms with Crippen molar-refractivity contribution in [1.29, 1.82) is 0 Å². The number of aromatic amines is 1. The van der Waals surface area contributed by atoms with E-state index in [-0.39, 0.29) is 11.4 Å². The highest BCUT2D eigenvalue weighted by Gasteiger charge is 2.16. The summed E-state index contributed by atoms with van der Waals surface area (Å²) in [6.45, 7) is 2.20. The van der Waals surface area contributed by atoms with Crippen LogP contribution in [0.4, 0.5) is 0 Å². The number of thioether (sulfide) groups is 1. The molecule has 0 spiro atoms. The number of aromatic nitrogens is 2. The van der Waals surface area contributed by atoms with E-state index in [1.54, 1.807) is 23.9 Å². The molecule has 2 N–H and O–H groups in total. The molecule has 0 aliphatic carbocycles. The molecule has 0 atom stereocenters. The average Bonchev–Trinajstić information content (AvgIpc) is 2.40. The number of benzene rings is 1. The lowest BCUT2D eigenvalue weighted by molar-refractivity contribution is 0.409. The zero-order valence-corrected chi connectivity index (χ0v) is 12.2. The maximum atomic E-state index is 12.0. The van der Waals surface area contributed by atoms with Crippen molar-refractivity contribution in [1.82, 2.24) is 9.55 Å². The van der Waals surface area contributed by atoms with Crippen molar-refractivity contribution in [2.24, 2.45) is 0 Å². The summed E-state index contributed by atoms with van der Waals surface area (Å²) in [5.41, 5.74) is 0.484. The van der Waals surface area contributed by atoms with E-state index in [0.717, 1.165) is 5.56 Å². The maximum absolute atomic E-state index is 12.0. The summed E-state index contributed by atoms with van der Waals surface area (Å²) in [6, 6.07) is 7.25. The molecule has 20 heavy (non-hydrogen) atoms. The number of aryl methyl sites for hydroxylation is 1. The normalized spacial score (nSPS) is 10.7. The highest BCUT2D eigenvalue weighted by Crippen LogP contribution is 2.26. The summed E-state index contributed by atoms with van der Waals surface area (Å²) in [5, 5.41) is 10.3. The van der Waals surface area contributed by atoms with Crippen molar-refractivity contribution < 1.29 is 5.11 Å². The van der Waals surface area contributed by atoms with Crippen LogP contribution in [0.5, 0.6) is 5.88 Å². The Kier molecular flexibility index (Phi) is 4.34. The van der Waals surface area contributed by atoms with Gasteiger partial charge in [0.05, 0.1) is 0 Å². The Balaban J connectivity index is 2.68. The fraction of sp³-hybridized carbons (Fsp3) is 0.286. The van der Waals surface area contributed by atoms with E-state index in [4.69, 9.17) is 0 Å².